The lowest BCUT2D eigenvalue weighted by Crippen LogP contribution is -2.34. The van der Waals surface area contributed by atoms with Gasteiger partial charge >= 0.3 is 0 Å². The van der Waals surface area contributed by atoms with Crippen LogP contribution >= 0.6 is 11.6 Å². The fourth-order valence-corrected chi connectivity index (χ4v) is 5.29. The maximum Gasteiger partial charge on any atom is 0.265 e. The van der Waals surface area contributed by atoms with Crippen LogP contribution in [0, 0.1) is 13.8 Å². The summed E-state index contributed by atoms with van der Waals surface area (Å²) in [6, 6.07) is 6.69. The first kappa shape index (κ1) is 26.6. The van der Waals surface area contributed by atoms with Gasteiger partial charge in [-0.2, -0.15) is 10.1 Å². The molecule has 0 saturated carbocycles. The van der Waals surface area contributed by atoms with Crippen molar-refractivity contribution >= 4 is 40.2 Å². The minimum Gasteiger partial charge on any atom is -0.495 e. The lowest BCUT2D eigenvalue weighted by Gasteiger charge is -2.23. The fraction of sp³-hybridized carbons (Fsp3) is 0.370. The zero-order valence-corrected chi connectivity index (χ0v) is 23.0. The summed E-state index contributed by atoms with van der Waals surface area (Å²) in [7, 11) is 3.32. The lowest BCUT2D eigenvalue weighted by molar-refractivity contribution is 0.102. The Morgan fingerprint density at radius 3 is 2.74 bits per heavy atom. The number of aliphatic hydroxyl groups is 1. The number of aryl methyl sites for hydroxylation is 2. The van der Waals surface area contributed by atoms with E-state index in [1.807, 2.05) is 17.9 Å². The Balaban J connectivity index is 1.63. The fourth-order valence-electron chi connectivity index (χ4n) is 5.01. The smallest absolute Gasteiger partial charge is 0.265 e. The predicted molar refractivity (Wildman–Crippen MR) is 149 cm³/mol. The van der Waals surface area contributed by atoms with Crippen molar-refractivity contribution in [1.82, 2.24) is 24.3 Å². The number of rotatable bonds is 7. The van der Waals surface area contributed by atoms with Crippen molar-refractivity contribution in [3.8, 4) is 5.75 Å². The van der Waals surface area contributed by atoms with E-state index in [4.69, 9.17) is 21.3 Å². The van der Waals surface area contributed by atoms with E-state index in [1.165, 1.54) is 17.7 Å². The maximum absolute atomic E-state index is 13.9. The Labute approximate surface area is 230 Å². The number of nitrogens with one attached hydrogen (secondary N) is 1. The summed E-state index contributed by atoms with van der Waals surface area (Å²) in [6.45, 7) is 4.45. The van der Waals surface area contributed by atoms with E-state index >= 15 is 0 Å². The molecule has 1 fully saturated rings. The molecule has 1 aromatic carbocycles. The first-order valence-electron chi connectivity index (χ1n) is 12.6. The summed E-state index contributed by atoms with van der Waals surface area (Å²) in [5.74, 6) is 0.395. The molecule has 4 heterocycles. The Kier molecular flexibility index (Phi) is 7.28. The number of carbonyl (C=O) groups excluding carboxylic acids is 1. The molecule has 0 aliphatic carbocycles. The highest BCUT2D eigenvalue weighted by Crippen LogP contribution is 2.27. The van der Waals surface area contributed by atoms with Gasteiger partial charge in [-0.25, -0.2) is 4.98 Å². The monoisotopic (exact) mass is 551 g/mol. The van der Waals surface area contributed by atoms with Crippen LogP contribution in [0.4, 0.5) is 11.6 Å². The second-order valence-corrected chi connectivity index (χ2v) is 10.1. The second-order valence-electron chi connectivity index (χ2n) is 9.66. The zero-order valence-electron chi connectivity index (χ0n) is 22.2. The molecule has 12 heteroatoms. The number of aliphatic hydroxyl groups excluding tert-OH is 1. The normalized spacial score (nSPS) is 15.2. The van der Waals surface area contributed by atoms with Gasteiger partial charge in [0.15, 0.2) is 0 Å². The molecule has 0 spiro atoms. The van der Waals surface area contributed by atoms with Crippen molar-refractivity contribution < 1.29 is 14.6 Å². The maximum atomic E-state index is 13.9. The molecule has 204 valence electrons. The number of aromatic nitrogens is 5. The van der Waals surface area contributed by atoms with Gasteiger partial charge in [-0.1, -0.05) is 17.7 Å². The SMILES string of the molecule is COc1ccc(Cn2c(=O)c(C(=O)Nc3c(C)nn(C)c3C)cc3cnc(N4CCC[C@H]4CO)nc32)cc1Cl. The van der Waals surface area contributed by atoms with Crippen molar-refractivity contribution in [2.45, 2.75) is 39.3 Å². The molecule has 1 aliphatic rings. The number of benzene rings is 1. The minimum absolute atomic E-state index is 0.00909. The lowest BCUT2D eigenvalue weighted by atomic mass is 10.1. The third-order valence-corrected chi connectivity index (χ3v) is 7.50. The highest BCUT2D eigenvalue weighted by molar-refractivity contribution is 6.32. The number of nitrogens with zero attached hydrogens (tertiary/aromatic N) is 6. The number of halogens is 1. The Morgan fingerprint density at radius 1 is 1.28 bits per heavy atom. The molecule has 11 nitrogen and oxygen atoms in total. The Bertz CT molecular complexity index is 1630. The van der Waals surface area contributed by atoms with Crippen molar-refractivity contribution in [2.75, 3.05) is 30.5 Å². The van der Waals surface area contributed by atoms with E-state index in [1.54, 1.807) is 37.0 Å². The van der Waals surface area contributed by atoms with Gasteiger partial charge in [-0.15, -0.1) is 0 Å². The van der Waals surface area contributed by atoms with Crippen LogP contribution < -0.4 is 20.5 Å². The molecule has 0 bridgehead atoms. The first-order chi connectivity index (χ1) is 18.7. The van der Waals surface area contributed by atoms with Crippen molar-refractivity contribution in [3.05, 3.63) is 68.4 Å². The zero-order chi connectivity index (χ0) is 27.8. The molecule has 1 aliphatic heterocycles. The van der Waals surface area contributed by atoms with Gasteiger partial charge in [0.1, 0.15) is 17.0 Å². The Morgan fingerprint density at radius 2 is 2.08 bits per heavy atom. The van der Waals surface area contributed by atoms with Gasteiger partial charge in [0, 0.05) is 25.2 Å². The molecule has 4 aromatic rings. The third-order valence-electron chi connectivity index (χ3n) is 7.21. The van der Waals surface area contributed by atoms with Gasteiger partial charge in [0.05, 0.1) is 48.4 Å². The number of ether oxygens (including phenoxy) is 1. The van der Waals surface area contributed by atoms with Crippen LogP contribution in [0.5, 0.6) is 5.75 Å². The van der Waals surface area contributed by atoms with Gasteiger partial charge in [0.2, 0.25) is 5.95 Å². The van der Waals surface area contributed by atoms with Crippen LogP contribution in [0.25, 0.3) is 11.0 Å². The number of amides is 1. The summed E-state index contributed by atoms with van der Waals surface area (Å²) in [5.41, 5.74) is 2.54. The van der Waals surface area contributed by atoms with Crippen LogP contribution in [0.1, 0.15) is 40.2 Å². The van der Waals surface area contributed by atoms with Crippen LogP contribution in [0.2, 0.25) is 5.02 Å². The molecular formula is C27H30ClN7O4. The van der Waals surface area contributed by atoms with Crippen LogP contribution in [0.3, 0.4) is 0 Å². The molecule has 1 atom stereocenters. The van der Waals surface area contributed by atoms with E-state index in [-0.39, 0.29) is 24.8 Å². The number of hydrogen-bond acceptors (Lipinski definition) is 8. The van der Waals surface area contributed by atoms with Crippen LogP contribution in [-0.2, 0) is 13.6 Å². The summed E-state index contributed by atoms with van der Waals surface area (Å²) in [5, 5.41) is 17.9. The van der Waals surface area contributed by atoms with Gasteiger partial charge in [0.25, 0.3) is 11.5 Å². The van der Waals surface area contributed by atoms with Gasteiger partial charge < -0.3 is 20.1 Å². The molecule has 39 heavy (non-hydrogen) atoms. The van der Waals surface area contributed by atoms with Gasteiger partial charge in [-0.3, -0.25) is 18.8 Å². The van der Waals surface area contributed by atoms with E-state index in [2.05, 4.69) is 15.4 Å². The molecule has 0 unspecified atom stereocenters. The first-order valence-corrected chi connectivity index (χ1v) is 13.0. The molecule has 1 amide bonds. The van der Waals surface area contributed by atoms with Crippen LogP contribution in [0.15, 0.2) is 35.3 Å². The number of hydrogen-bond donors (Lipinski definition) is 2. The third kappa shape index (κ3) is 4.95. The minimum atomic E-state index is -0.549. The highest BCUT2D eigenvalue weighted by Gasteiger charge is 2.27. The number of anilines is 2. The Hall–Kier alpha value is -3.96. The van der Waals surface area contributed by atoms with Gasteiger partial charge in [-0.05, 0) is 50.5 Å². The molecule has 2 N–H and O–H groups in total. The molecule has 3 aromatic heterocycles. The second kappa shape index (κ2) is 10.7. The number of pyridine rings is 1. The molecule has 1 saturated heterocycles. The summed E-state index contributed by atoms with van der Waals surface area (Å²) in [4.78, 5) is 38.5. The van der Waals surface area contributed by atoms with Crippen molar-refractivity contribution in [2.24, 2.45) is 7.05 Å². The number of carbonyl (C=O) groups is 1. The van der Waals surface area contributed by atoms with E-state index in [0.29, 0.717) is 45.7 Å². The largest absolute Gasteiger partial charge is 0.495 e. The number of fused-ring (bicyclic) bond motifs is 1. The molecular weight excluding hydrogens is 522 g/mol. The standard InChI is InChI=1S/C27H30ClN7O4/c1-15-23(16(2)33(3)32-15)30-25(37)20-11-18-12-29-27(34-9-5-6-19(34)14-36)31-24(18)35(26(20)38)13-17-7-8-22(39-4)21(28)10-17/h7-8,10-12,19,36H,5-6,9,13-14H2,1-4H3,(H,30,37)/t19-/m0/s1. The molecule has 5 rings (SSSR count). The summed E-state index contributed by atoms with van der Waals surface area (Å²) < 4.78 is 8.39. The quantitative estimate of drug-likeness (QED) is 0.359. The summed E-state index contributed by atoms with van der Waals surface area (Å²) >= 11 is 6.36. The molecule has 0 radical (unpaired) electrons. The number of methoxy groups -OCH3 is 1. The average molecular weight is 552 g/mol. The van der Waals surface area contributed by atoms with Crippen LogP contribution in [-0.4, -0.2) is 61.6 Å². The van der Waals surface area contributed by atoms with Crippen molar-refractivity contribution in [1.29, 1.82) is 0 Å². The predicted octanol–water partition coefficient (Wildman–Crippen LogP) is 3.07. The summed E-state index contributed by atoms with van der Waals surface area (Å²) in [6.07, 6.45) is 3.36. The highest BCUT2D eigenvalue weighted by atomic mass is 35.5. The van der Waals surface area contributed by atoms with E-state index < -0.39 is 11.5 Å². The van der Waals surface area contributed by atoms with E-state index in [0.717, 1.165) is 24.1 Å². The average Bonchev–Trinajstić information content (AvgIpc) is 3.49. The van der Waals surface area contributed by atoms with E-state index in [9.17, 15) is 14.7 Å². The van der Waals surface area contributed by atoms with Crippen molar-refractivity contribution in [3.63, 3.8) is 0 Å². The topological polar surface area (TPSA) is 127 Å².